The van der Waals surface area contributed by atoms with Crippen LogP contribution in [0.3, 0.4) is 0 Å². The van der Waals surface area contributed by atoms with E-state index in [1.807, 2.05) is 18.5 Å². The minimum Gasteiger partial charge on any atom is -0.376 e. The Balaban J connectivity index is 0.00000420. The summed E-state index contributed by atoms with van der Waals surface area (Å²) in [7, 11) is 1.98. The van der Waals surface area contributed by atoms with Gasteiger partial charge in [-0.1, -0.05) is 13.8 Å². The second-order valence-corrected chi connectivity index (χ2v) is 7.62. The molecular formula is C20H40IN7O. The number of nitrogens with zero attached hydrogens (tertiary/aromatic N) is 5. The van der Waals surface area contributed by atoms with Crippen LogP contribution in [0.1, 0.15) is 58.1 Å². The molecule has 0 amide bonds. The Bertz CT molecular complexity index is 598. The predicted molar refractivity (Wildman–Crippen MR) is 129 cm³/mol. The minimum absolute atomic E-state index is 0. The van der Waals surface area contributed by atoms with Gasteiger partial charge >= 0.3 is 0 Å². The van der Waals surface area contributed by atoms with Gasteiger partial charge in [-0.2, -0.15) is 0 Å². The van der Waals surface area contributed by atoms with Crippen molar-refractivity contribution in [3.63, 3.8) is 0 Å². The standard InChI is InChI=1S/C20H39N7O.HI/c1-6-27(7-2)12-8-10-16(3)23-20(21-14-18-11-9-13-28-18)22-15-19-25-24-17(4)26(19)5;/h16,18H,6-15H2,1-5H3,(H2,21,22,23);1H. The van der Waals surface area contributed by atoms with Crippen LogP contribution in [0, 0.1) is 6.92 Å². The maximum atomic E-state index is 5.73. The minimum atomic E-state index is 0. The molecule has 8 nitrogen and oxygen atoms in total. The fourth-order valence-corrected chi connectivity index (χ4v) is 3.37. The van der Waals surface area contributed by atoms with Gasteiger partial charge < -0.3 is 24.8 Å². The molecule has 29 heavy (non-hydrogen) atoms. The molecule has 0 radical (unpaired) electrons. The smallest absolute Gasteiger partial charge is 0.192 e. The van der Waals surface area contributed by atoms with Crippen LogP contribution >= 0.6 is 24.0 Å². The number of nitrogens with one attached hydrogen (secondary N) is 2. The zero-order valence-electron chi connectivity index (χ0n) is 18.8. The number of ether oxygens (including phenoxy) is 1. The third-order valence-electron chi connectivity index (χ3n) is 5.47. The molecule has 0 aliphatic carbocycles. The van der Waals surface area contributed by atoms with Crippen LogP contribution in [0.15, 0.2) is 4.99 Å². The van der Waals surface area contributed by atoms with Crippen LogP contribution in [0.5, 0.6) is 0 Å². The van der Waals surface area contributed by atoms with E-state index < -0.39 is 0 Å². The van der Waals surface area contributed by atoms with Gasteiger partial charge in [0.25, 0.3) is 0 Å². The van der Waals surface area contributed by atoms with Crippen molar-refractivity contribution in [1.82, 2.24) is 30.3 Å². The van der Waals surface area contributed by atoms with Gasteiger partial charge in [0, 0.05) is 26.2 Å². The molecule has 2 unspecified atom stereocenters. The summed E-state index contributed by atoms with van der Waals surface area (Å²) in [5.41, 5.74) is 0. The highest BCUT2D eigenvalue weighted by Crippen LogP contribution is 2.10. The molecule has 2 heterocycles. The number of halogens is 1. The van der Waals surface area contributed by atoms with Gasteiger partial charge in [0.1, 0.15) is 12.4 Å². The van der Waals surface area contributed by atoms with Crippen molar-refractivity contribution in [3.8, 4) is 0 Å². The maximum absolute atomic E-state index is 5.73. The molecule has 1 fully saturated rings. The van der Waals surface area contributed by atoms with E-state index in [9.17, 15) is 0 Å². The van der Waals surface area contributed by atoms with Gasteiger partial charge in [-0.25, -0.2) is 4.99 Å². The number of aryl methyl sites for hydroxylation is 1. The molecule has 2 rings (SSSR count). The quantitative estimate of drug-likeness (QED) is 0.265. The summed E-state index contributed by atoms with van der Waals surface area (Å²) in [6.07, 6.45) is 4.83. The third kappa shape index (κ3) is 9.17. The second-order valence-electron chi connectivity index (χ2n) is 7.62. The lowest BCUT2D eigenvalue weighted by Gasteiger charge is -2.22. The van der Waals surface area contributed by atoms with Gasteiger partial charge in [-0.05, 0) is 59.2 Å². The molecule has 1 aliphatic rings. The fourth-order valence-electron chi connectivity index (χ4n) is 3.37. The lowest BCUT2D eigenvalue weighted by molar-refractivity contribution is 0.113. The topological polar surface area (TPSA) is 79.6 Å². The largest absolute Gasteiger partial charge is 0.376 e. The molecule has 1 aromatic heterocycles. The van der Waals surface area contributed by atoms with Crippen molar-refractivity contribution < 1.29 is 4.74 Å². The number of rotatable bonds is 11. The van der Waals surface area contributed by atoms with Crippen LogP contribution in [-0.4, -0.2) is 70.6 Å². The molecule has 2 N–H and O–H groups in total. The number of aliphatic imine (C=N–C) groups is 1. The molecule has 0 saturated carbocycles. The van der Waals surface area contributed by atoms with Crippen LogP contribution in [0.4, 0.5) is 0 Å². The van der Waals surface area contributed by atoms with Crippen molar-refractivity contribution in [2.24, 2.45) is 12.0 Å². The highest BCUT2D eigenvalue weighted by atomic mass is 127. The van der Waals surface area contributed by atoms with Crippen LogP contribution in [0.25, 0.3) is 0 Å². The van der Waals surface area contributed by atoms with Crippen molar-refractivity contribution in [2.45, 2.75) is 72.1 Å². The third-order valence-corrected chi connectivity index (χ3v) is 5.47. The molecule has 1 aromatic rings. The average molecular weight is 521 g/mol. The SMILES string of the molecule is CCN(CC)CCCC(C)NC(=NCc1nnc(C)n1C)NCC1CCCO1.I. The first-order valence-corrected chi connectivity index (χ1v) is 10.8. The first kappa shape index (κ1) is 26.1. The van der Waals surface area contributed by atoms with Gasteiger partial charge in [-0.3, -0.25) is 0 Å². The molecule has 2 atom stereocenters. The number of hydrogen-bond acceptors (Lipinski definition) is 5. The molecular weight excluding hydrogens is 481 g/mol. The average Bonchev–Trinajstić information content (AvgIpc) is 3.32. The van der Waals surface area contributed by atoms with E-state index in [2.05, 4.69) is 46.5 Å². The summed E-state index contributed by atoms with van der Waals surface area (Å²) in [4.78, 5) is 7.22. The Morgan fingerprint density at radius 3 is 2.69 bits per heavy atom. The first-order valence-electron chi connectivity index (χ1n) is 10.8. The predicted octanol–water partition coefficient (Wildman–Crippen LogP) is 2.47. The fraction of sp³-hybridized carbons (Fsp3) is 0.850. The summed E-state index contributed by atoms with van der Waals surface area (Å²) in [5, 5.41) is 15.3. The Hall–Kier alpha value is -0.940. The number of aromatic nitrogens is 3. The summed E-state index contributed by atoms with van der Waals surface area (Å²) in [6, 6.07) is 0.354. The lowest BCUT2D eigenvalue weighted by atomic mass is 10.2. The van der Waals surface area contributed by atoms with Crippen molar-refractivity contribution in [2.75, 3.05) is 32.8 Å². The summed E-state index contributed by atoms with van der Waals surface area (Å²) < 4.78 is 7.71. The van der Waals surface area contributed by atoms with Gasteiger partial charge in [0.2, 0.25) is 0 Å². The molecule has 0 aromatic carbocycles. The Kier molecular flexibility index (Phi) is 12.7. The normalized spacial score (nSPS) is 18.0. The van der Waals surface area contributed by atoms with E-state index in [4.69, 9.17) is 9.73 Å². The van der Waals surface area contributed by atoms with E-state index in [0.717, 1.165) is 69.7 Å². The Morgan fingerprint density at radius 2 is 2.10 bits per heavy atom. The molecule has 9 heteroatoms. The number of guanidine groups is 1. The van der Waals surface area contributed by atoms with Gasteiger partial charge in [-0.15, -0.1) is 34.2 Å². The van der Waals surface area contributed by atoms with Gasteiger partial charge in [0.15, 0.2) is 11.8 Å². The molecule has 1 aliphatic heterocycles. The Morgan fingerprint density at radius 1 is 1.34 bits per heavy atom. The van der Waals surface area contributed by atoms with Crippen LogP contribution < -0.4 is 10.6 Å². The number of hydrogen-bond donors (Lipinski definition) is 2. The summed E-state index contributed by atoms with van der Waals surface area (Å²) in [5.74, 6) is 2.59. The first-order chi connectivity index (χ1) is 13.5. The molecule has 1 saturated heterocycles. The highest BCUT2D eigenvalue weighted by molar-refractivity contribution is 14.0. The van der Waals surface area contributed by atoms with Gasteiger partial charge in [0.05, 0.1) is 6.10 Å². The van der Waals surface area contributed by atoms with Crippen LogP contribution in [0.2, 0.25) is 0 Å². The van der Waals surface area contributed by atoms with E-state index >= 15 is 0 Å². The summed E-state index contributed by atoms with van der Waals surface area (Å²) in [6.45, 7) is 14.2. The van der Waals surface area contributed by atoms with Crippen molar-refractivity contribution in [1.29, 1.82) is 0 Å². The maximum Gasteiger partial charge on any atom is 0.192 e. The summed E-state index contributed by atoms with van der Waals surface area (Å²) >= 11 is 0. The zero-order chi connectivity index (χ0) is 20.4. The van der Waals surface area contributed by atoms with E-state index in [-0.39, 0.29) is 30.1 Å². The van der Waals surface area contributed by atoms with Crippen LogP contribution in [-0.2, 0) is 18.3 Å². The highest BCUT2D eigenvalue weighted by Gasteiger charge is 2.16. The Labute approximate surface area is 193 Å². The molecule has 0 bridgehead atoms. The zero-order valence-corrected chi connectivity index (χ0v) is 21.1. The van der Waals surface area contributed by atoms with E-state index in [1.165, 1.54) is 6.42 Å². The van der Waals surface area contributed by atoms with Crippen molar-refractivity contribution >= 4 is 29.9 Å². The lowest BCUT2D eigenvalue weighted by Crippen LogP contribution is -2.45. The molecule has 0 spiro atoms. The molecule has 168 valence electrons. The van der Waals surface area contributed by atoms with Crippen molar-refractivity contribution in [3.05, 3.63) is 11.6 Å². The van der Waals surface area contributed by atoms with E-state index in [0.29, 0.717) is 12.6 Å². The second kappa shape index (κ2) is 14.1. The van der Waals surface area contributed by atoms with E-state index in [1.54, 1.807) is 0 Å². The monoisotopic (exact) mass is 521 g/mol.